The van der Waals surface area contributed by atoms with E-state index in [1.807, 2.05) is 20.8 Å². The van der Waals surface area contributed by atoms with Crippen LogP contribution in [-0.4, -0.2) is 29.7 Å². The van der Waals surface area contributed by atoms with Gasteiger partial charge in [0, 0.05) is 22.7 Å². The molecule has 0 saturated carbocycles. The summed E-state index contributed by atoms with van der Waals surface area (Å²) in [6.45, 7) is 12.6. The molecule has 1 amide bonds. The Balaban J connectivity index is 1.73. The maximum absolute atomic E-state index is 12.8. The van der Waals surface area contributed by atoms with Crippen molar-refractivity contribution in [2.45, 2.75) is 72.3 Å². The zero-order valence-electron chi connectivity index (χ0n) is 21.0. The van der Waals surface area contributed by atoms with E-state index < -0.39 is 5.97 Å². The second kappa shape index (κ2) is 10.5. The summed E-state index contributed by atoms with van der Waals surface area (Å²) >= 11 is 2.91. The monoisotopic (exact) mass is 499 g/mol. The van der Waals surface area contributed by atoms with E-state index in [4.69, 9.17) is 4.74 Å². The molecule has 0 fully saturated rings. The van der Waals surface area contributed by atoms with Crippen LogP contribution in [-0.2, 0) is 22.4 Å². The number of pyridine rings is 1. The third-order valence-electron chi connectivity index (χ3n) is 6.78. The van der Waals surface area contributed by atoms with E-state index in [1.165, 1.54) is 35.1 Å². The average Bonchev–Trinajstić information content (AvgIpc) is 3.13. The molecule has 0 radical (unpaired) electrons. The van der Waals surface area contributed by atoms with Crippen LogP contribution in [0, 0.1) is 43.4 Å². The number of hydrogen-bond acceptors (Lipinski definition) is 7. The minimum absolute atomic E-state index is 0.164. The minimum Gasteiger partial charge on any atom is -0.465 e. The van der Waals surface area contributed by atoms with Gasteiger partial charge in [-0.3, -0.25) is 4.79 Å². The molecule has 0 saturated heterocycles. The highest BCUT2D eigenvalue weighted by Crippen LogP contribution is 2.44. The molecule has 0 aliphatic heterocycles. The fourth-order valence-corrected chi connectivity index (χ4v) is 6.67. The number of methoxy groups -OCH3 is 1. The van der Waals surface area contributed by atoms with E-state index in [0.717, 1.165) is 41.6 Å². The van der Waals surface area contributed by atoms with Crippen molar-refractivity contribution in [2.24, 2.45) is 11.3 Å². The maximum atomic E-state index is 12.8. The molecular formula is C26H33N3O3S2. The molecule has 3 rings (SSSR count). The molecule has 8 heteroatoms. The lowest BCUT2D eigenvalue weighted by molar-refractivity contribution is -0.115. The molecule has 0 bridgehead atoms. The lowest BCUT2D eigenvalue weighted by Gasteiger charge is -2.33. The Morgan fingerprint density at radius 1 is 1.26 bits per heavy atom. The van der Waals surface area contributed by atoms with Gasteiger partial charge >= 0.3 is 5.97 Å². The molecule has 1 aliphatic rings. The van der Waals surface area contributed by atoms with Gasteiger partial charge in [-0.1, -0.05) is 20.8 Å². The summed E-state index contributed by atoms with van der Waals surface area (Å²) in [6.07, 6.45) is 2.99. The Hall–Kier alpha value is -2.37. The first-order valence-corrected chi connectivity index (χ1v) is 13.3. The fourth-order valence-electron chi connectivity index (χ4n) is 4.31. The van der Waals surface area contributed by atoms with Crippen LogP contribution in [0.15, 0.2) is 5.03 Å². The van der Waals surface area contributed by atoms with Crippen LogP contribution in [0.2, 0.25) is 0 Å². The number of ether oxygens (including phenoxy) is 1. The van der Waals surface area contributed by atoms with Crippen LogP contribution in [0.4, 0.5) is 5.00 Å². The summed E-state index contributed by atoms with van der Waals surface area (Å²) in [7, 11) is 1.38. The zero-order valence-corrected chi connectivity index (χ0v) is 22.7. The third kappa shape index (κ3) is 5.47. The standard InChI is InChI=1S/C26H33N3O3S2/c1-14-15(2)19(13-27)23(28-16(14)3)33-11-10-21(30)29-24-22(25(31)32-7)18-9-8-17(26(4,5)6)12-20(18)34-24/h17H,8-12H2,1-7H3,(H,29,30). The molecule has 2 aromatic heterocycles. The van der Waals surface area contributed by atoms with Crippen LogP contribution in [0.5, 0.6) is 0 Å². The number of rotatable bonds is 6. The number of amides is 1. The molecule has 1 aliphatic carbocycles. The van der Waals surface area contributed by atoms with Gasteiger partial charge in [-0.15, -0.1) is 23.1 Å². The summed E-state index contributed by atoms with van der Waals surface area (Å²) in [6, 6.07) is 2.24. The van der Waals surface area contributed by atoms with Gasteiger partial charge in [0.2, 0.25) is 5.91 Å². The molecule has 2 aromatic rings. The van der Waals surface area contributed by atoms with E-state index in [-0.39, 0.29) is 17.7 Å². The molecule has 1 unspecified atom stereocenters. The number of aromatic nitrogens is 1. The zero-order chi connectivity index (χ0) is 25.2. The predicted octanol–water partition coefficient (Wildman–Crippen LogP) is 6.00. The Morgan fingerprint density at radius 3 is 2.59 bits per heavy atom. The van der Waals surface area contributed by atoms with Gasteiger partial charge in [0.05, 0.1) is 18.2 Å². The summed E-state index contributed by atoms with van der Waals surface area (Å²) in [5.74, 6) is 0.458. The molecule has 34 heavy (non-hydrogen) atoms. The second-order valence-electron chi connectivity index (χ2n) is 9.89. The number of fused-ring (bicyclic) bond motifs is 1. The number of hydrogen-bond donors (Lipinski definition) is 1. The molecule has 182 valence electrons. The van der Waals surface area contributed by atoms with Crippen molar-refractivity contribution in [3.05, 3.63) is 38.4 Å². The Morgan fingerprint density at radius 2 is 1.97 bits per heavy atom. The van der Waals surface area contributed by atoms with Crippen molar-refractivity contribution in [1.29, 1.82) is 5.26 Å². The highest BCUT2D eigenvalue weighted by Gasteiger charge is 2.34. The first-order chi connectivity index (χ1) is 16.0. The Bertz CT molecular complexity index is 1160. The maximum Gasteiger partial charge on any atom is 0.341 e. The summed E-state index contributed by atoms with van der Waals surface area (Å²) in [5, 5.41) is 13.8. The van der Waals surface area contributed by atoms with E-state index in [0.29, 0.717) is 32.8 Å². The van der Waals surface area contributed by atoms with Gasteiger partial charge in [-0.2, -0.15) is 5.26 Å². The van der Waals surface area contributed by atoms with E-state index >= 15 is 0 Å². The smallest absolute Gasteiger partial charge is 0.341 e. The highest BCUT2D eigenvalue weighted by atomic mass is 32.2. The molecule has 0 aromatic carbocycles. The van der Waals surface area contributed by atoms with Crippen molar-refractivity contribution in [3.8, 4) is 6.07 Å². The number of aryl methyl sites for hydroxylation is 1. The SMILES string of the molecule is COC(=O)c1c(NC(=O)CCSc2nc(C)c(C)c(C)c2C#N)sc2c1CCC(C(C)(C)C)C2. The van der Waals surface area contributed by atoms with Crippen LogP contribution in [0.1, 0.15) is 76.8 Å². The van der Waals surface area contributed by atoms with Gasteiger partial charge in [0.15, 0.2) is 0 Å². The number of nitrogens with zero attached hydrogens (tertiary/aromatic N) is 2. The largest absolute Gasteiger partial charge is 0.465 e. The minimum atomic E-state index is -0.398. The van der Waals surface area contributed by atoms with Crippen LogP contribution < -0.4 is 5.32 Å². The van der Waals surface area contributed by atoms with E-state index in [2.05, 4.69) is 37.1 Å². The number of carbonyl (C=O) groups excluding carboxylic acids is 2. The molecule has 1 atom stereocenters. The van der Waals surface area contributed by atoms with E-state index in [1.54, 1.807) is 0 Å². The number of nitrogens with one attached hydrogen (secondary N) is 1. The number of anilines is 1. The van der Waals surface area contributed by atoms with Crippen molar-refractivity contribution in [1.82, 2.24) is 4.98 Å². The van der Waals surface area contributed by atoms with E-state index in [9.17, 15) is 14.9 Å². The topological polar surface area (TPSA) is 92.1 Å². The summed E-state index contributed by atoms with van der Waals surface area (Å²) in [5.41, 5.74) is 5.14. The Labute approximate surface area is 210 Å². The van der Waals surface area contributed by atoms with Gasteiger partial charge in [0.25, 0.3) is 0 Å². The average molecular weight is 500 g/mol. The molecule has 0 spiro atoms. The number of carbonyl (C=O) groups is 2. The number of esters is 1. The van der Waals surface area contributed by atoms with Crippen molar-refractivity contribution in [2.75, 3.05) is 18.2 Å². The first-order valence-electron chi connectivity index (χ1n) is 11.5. The number of nitriles is 1. The molecule has 2 heterocycles. The highest BCUT2D eigenvalue weighted by molar-refractivity contribution is 7.99. The number of thioether (sulfide) groups is 1. The van der Waals surface area contributed by atoms with Crippen molar-refractivity contribution < 1.29 is 14.3 Å². The van der Waals surface area contributed by atoms with Crippen molar-refractivity contribution in [3.63, 3.8) is 0 Å². The van der Waals surface area contributed by atoms with Gasteiger partial charge in [-0.05, 0) is 68.1 Å². The second-order valence-corrected chi connectivity index (χ2v) is 12.1. The van der Waals surface area contributed by atoms with Gasteiger partial charge in [-0.25, -0.2) is 9.78 Å². The Kier molecular flexibility index (Phi) is 8.10. The third-order valence-corrected chi connectivity index (χ3v) is 8.92. The van der Waals surface area contributed by atoms with Gasteiger partial charge < -0.3 is 10.1 Å². The lowest BCUT2D eigenvalue weighted by atomic mass is 9.72. The van der Waals surface area contributed by atoms with Crippen LogP contribution >= 0.6 is 23.1 Å². The van der Waals surface area contributed by atoms with Crippen molar-refractivity contribution >= 4 is 40.0 Å². The molecule has 6 nitrogen and oxygen atoms in total. The lowest BCUT2D eigenvalue weighted by Crippen LogP contribution is -2.26. The molecular weight excluding hydrogens is 466 g/mol. The predicted molar refractivity (Wildman–Crippen MR) is 138 cm³/mol. The van der Waals surface area contributed by atoms with Crippen LogP contribution in [0.25, 0.3) is 0 Å². The number of thiophene rings is 1. The summed E-state index contributed by atoms with van der Waals surface area (Å²) in [4.78, 5) is 31.1. The molecule has 1 N–H and O–H groups in total. The first kappa shape index (κ1) is 26.2. The summed E-state index contributed by atoms with van der Waals surface area (Å²) < 4.78 is 5.05. The quantitative estimate of drug-likeness (QED) is 0.387. The normalized spacial score (nSPS) is 15.4. The fraction of sp³-hybridized carbons (Fsp3) is 0.538. The van der Waals surface area contributed by atoms with Gasteiger partial charge in [0.1, 0.15) is 16.1 Å². The van der Waals surface area contributed by atoms with Crippen LogP contribution in [0.3, 0.4) is 0 Å².